The third kappa shape index (κ3) is 3.63. The highest BCUT2D eigenvalue weighted by molar-refractivity contribution is 7.97. The van der Waals surface area contributed by atoms with E-state index in [1.54, 1.807) is 11.9 Å². The molecule has 0 aromatic heterocycles. The highest BCUT2D eigenvalue weighted by Gasteiger charge is 2.44. The van der Waals surface area contributed by atoms with E-state index in [1.165, 1.54) is 83.9 Å². The maximum atomic E-state index is 4.40. The van der Waals surface area contributed by atoms with Gasteiger partial charge < -0.3 is 10.2 Å². The fraction of sp³-hybridized carbons (Fsp3) is 0.440. The van der Waals surface area contributed by atoms with Crippen LogP contribution in [0.2, 0.25) is 0 Å². The lowest BCUT2D eigenvalue weighted by atomic mass is 9.72. The van der Waals surface area contributed by atoms with Crippen molar-refractivity contribution in [2.45, 2.75) is 49.3 Å². The van der Waals surface area contributed by atoms with Crippen molar-refractivity contribution in [3.05, 3.63) is 70.9 Å². The number of likely N-dealkylation sites (tertiary alicyclic amines) is 1. The van der Waals surface area contributed by atoms with Gasteiger partial charge in [-0.2, -0.15) is 0 Å². The summed E-state index contributed by atoms with van der Waals surface area (Å²) in [6.45, 7) is 11.2. The Hall–Kier alpha value is -1.75. The average molecular weight is 406 g/mol. The van der Waals surface area contributed by atoms with Crippen LogP contribution in [0.4, 0.5) is 5.69 Å². The number of piperidine rings is 1. The number of hydrogen-bond acceptors (Lipinski definition) is 4. The van der Waals surface area contributed by atoms with Crippen molar-refractivity contribution in [2.24, 2.45) is 0 Å². The number of nitrogens with zero attached hydrogens (tertiary/aromatic N) is 1. The summed E-state index contributed by atoms with van der Waals surface area (Å²) in [6, 6.07) is 13.8. The first kappa shape index (κ1) is 19.2. The number of benzene rings is 2. The molecule has 2 aromatic rings. The minimum atomic E-state index is 0.141. The zero-order valence-electron chi connectivity index (χ0n) is 17.4. The molecule has 1 fully saturated rings. The first-order chi connectivity index (χ1) is 14.1. The maximum absolute atomic E-state index is 4.40. The van der Waals surface area contributed by atoms with Crippen molar-refractivity contribution in [3.63, 3.8) is 0 Å². The second-order valence-corrected chi connectivity index (χ2v) is 9.80. The summed E-state index contributed by atoms with van der Waals surface area (Å²) in [6.07, 6.45) is 5.94. The van der Waals surface area contributed by atoms with E-state index in [2.05, 4.69) is 64.8 Å². The summed E-state index contributed by atoms with van der Waals surface area (Å²) < 4.78 is 3.38. The monoisotopic (exact) mass is 405 g/mol. The van der Waals surface area contributed by atoms with E-state index in [0.29, 0.717) is 0 Å². The molecule has 0 amide bonds. The van der Waals surface area contributed by atoms with Gasteiger partial charge in [0.15, 0.2) is 0 Å². The molecule has 152 valence electrons. The Morgan fingerprint density at radius 2 is 2.00 bits per heavy atom. The summed E-state index contributed by atoms with van der Waals surface area (Å²) in [5, 5.41) is 3.57. The predicted molar refractivity (Wildman–Crippen MR) is 124 cm³/mol. The maximum Gasteiger partial charge on any atom is 0.0424 e. The lowest BCUT2D eigenvalue weighted by Crippen LogP contribution is -2.43. The van der Waals surface area contributed by atoms with E-state index in [1.807, 2.05) is 0 Å². The van der Waals surface area contributed by atoms with Crippen molar-refractivity contribution < 1.29 is 0 Å². The molecule has 0 atom stereocenters. The van der Waals surface area contributed by atoms with Gasteiger partial charge in [-0.1, -0.05) is 36.4 Å². The number of anilines is 1. The van der Waals surface area contributed by atoms with Crippen molar-refractivity contribution in [2.75, 3.05) is 31.5 Å². The van der Waals surface area contributed by atoms with Gasteiger partial charge in [0.25, 0.3) is 0 Å². The Morgan fingerprint density at radius 3 is 2.86 bits per heavy atom. The second kappa shape index (κ2) is 7.82. The van der Waals surface area contributed by atoms with Gasteiger partial charge in [0.05, 0.1) is 0 Å². The molecule has 3 aliphatic rings. The Morgan fingerprint density at radius 1 is 1.14 bits per heavy atom. The molecule has 0 aliphatic carbocycles. The lowest BCUT2D eigenvalue weighted by Gasteiger charge is -2.40. The highest BCUT2D eigenvalue weighted by Crippen LogP contribution is 2.49. The van der Waals surface area contributed by atoms with Gasteiger partial charge in [-0.3, -0.25) is 4.72 Å². The quantitative estimate of drug-likeness (QED) is 0.696. The number of nitrogens with one attached hydrogen (secondary N) is 2. The molecule has 3 nitrogen and oxygen atoms in total. The Kier molecular flexibility index (Phi) is 5.19. The van der Waals surface area contributed by atoms with Crippen molar-refractivity contribution >= 4 is 17.6 Å². The van der Waals surface area contributed by atoms with Crippen molar-refractivity contribution in [1.29, 1.82) is 0 Å². The summed E-state index contributed by atoms with van der Waals surface area (Å²) in [5.41, 5.74) is 8.46. The van der Waals surface area contributed by atoms with Gasteiger partial charge in [-0.15, -0.1) is 0 Å². The van der Waals surface area contributed by atoms with Crippen LogP contribution >= 0.6 is 11.9 Å². The molecule has 4 heteroatoms. The van der Waals surface area contributed by atoms with Gasteiger partial charge in [0.2, 0.25) is 0 Å². The molecule has 3 aliphatic heterocycles. The zero-order valence-corrected chi connectivity index (χ0v) is 18.2. The van der Waals surface area contributed by atoms with Crippen LogP contribution in [-0.2, 0) is 18.3 Å². The van der Waals surface area contributed by atoms with Gasteiger partial charge in [-0.25, -0.2) is 0 Å². The lowest BCUT2D eigenvalue weighted by molar-refractivity contribution is 0.179. The highest BCUT2D eigenvalue weighted by atomic mass is 32.2. The number of allylic oxidation sites excluding steroid dienone is 1. The first-order valence-electron chi connectivity index (χ1n) is 11.0. The van der Waals surface area contributed by atoms with Crippen LogP contribution in [0.1, 0.15) is 41.5 Å². The molecule has 5 rings (SSSR count). The Bertz CT molecular complexity index is 928. The third-order valence-electron chi connectivity index (χ3n) is 7.01. The van der Waals surface area contributed by atoms with Crippen LogP contribution in [0.3, 0.4) is 0 Å². The summed E-state index contributed by atoms with van der Waals surface area (Å²) in [4.78, 5) is 4.06. The zero-order chi connectivity index (χ0) is 19.8. The average Bonchev–Trinajstić information content (AvgIpc) is 3.00. The minimum absolute atomic E-state index is 0.141. The molecule has 1 spiro atoms. The standard InChI is InChI=1S/C25H31N3S/c1-18-5-7-23-22(16-18)25(19(2)27-23)10-14-28(15-11-25)13-3-4-20-6-8-24-21(17-20)9-12-26-29-24/h5-8,16-17,26-27H,2-4,9-15H2,1H3. The smallest absolute Gasteiger partial charge is 0.0424 e. The topological polar surface area (TPSA) is 27.3 Å². The van der Waals surface area contributed by atoms with Gasteiger partial charge in [0.1, 0.15) is 0 Å². The van der Waals surface area contributed by atoms with Gasteiger partial charge in [0, 0.05) is 28.2 Å². The number of hydrogen-bond donors (Lipinski definition) is 2. The van der Waals surface area contributed by atoms with E-state index in [-0.39, 0.29) is 5.41 Å². The first-order valence-corrected chi connectivity index (χ1v) is 11.8. The van der Waals surface area contributed by atoms with Crippen molar-refractivity contribution in [1.82, 2.24) is 9.62 Å². The fourth-order valence-corrected chi connectivity index (χ4v) is 6.03. The third-order valence-corrected chi connectivity index (χ3v) is 7.97. The van der Waals surface area contributed by atoms with E-state index in [0.717, 1.165) is 13.0 Å². The number of fused-ring (bicyclic) bond motifs is 3. The van der Waals surface area contributed by atoms with Crippen molar-refractivity contribution in [3.8, 4) is 0 Å². The molecule has 2 N–H and O–H groups in total. The molecule has 0 bridgehead atoms. The largest absolute Gasteiger partial charge is 0.358 e. The second-order valence-electron chi connectivity index (χ2n) is 8.87. The van der Waals surface area contributed by atoms with E-state index < -0.39 is 0 Å². The normalized spacial score (nSPS) is 20.4. The SMILES string of the molecule is C=C1Nc2ccc(C)cc2C12CCN(CCCc1ccc3c(c1)CCNS3)CC2. The van der Waals surface area contributed by atoms with Crippen LogP contribution in [0.25, 0.3) is 0 Å². The van der Waals surface area contributed by atoms with Crippen LogP contribution in [0.5, 0.6) is 0 Å². The molecule has 3 heterocycles. The molecular weight excluding hydrogens is 374 g/mol. The molecule has 29 heavy (non-hydrogen) atoms. The Balaban J connectivity index is 1.17. The van der Waals surface area contributed by atoms with Crippen LogP contribution in [0.15, 0.2) is 53.6 Å². The van der Waals surface area contributed by atoms with E-state index in [9.17, 15) is 0 Å². The summed E-state index contributed by atoms with van der Waals surface area (Å²) in [5.74, 6) is 0. The van der Waals surface area contributed by atoms with Crippen LogP contribution in [0, 0.1) is 6.92 Å². The summed E-state index contributed by atoms with van der Waals surface area (Å²) in [7, 11) is 0. The van der Waals surface area contributed by atoms with Crippen LogP contribution in [-0.4, -0.2) is 31.1 Å². The van der Waals surface area contributed by atoms with Crippen LogP contribution < -0.4 is 10.0 Å². The molecule has 1 saturated heterocycles. The van der Waals surface area contributed by atoms with E-state index >= 15 is 0 Å². The van der Waals surface area contributed by atoms with Gasteiger partial charge >= 0.3 is 0 Å². The molecule has 0 saturated carbocycles. The Labute approximate surface area is 179 Å². The minimum Gasteiger partial charge on any atom is -0.358 e. The fourth-order valence-electron chi connectivity index (χ4n) is 5.24. The van der Waals surface area contributed by atoms with E-state index in [4.69, 9.17) is 0 Å². The molecule has 0 unspecified atom stereocenters. The molecular formula is C25H31N3S. The predicted octanol–water partition coefficient (Wildman–Crippen LogP) is 5.05. The molecule has 0 radical (unpaired) electrons. The molecule has 2 aromatic carbocycles. The number of rotatable bonds is 4. The van der Waals surface area contributed by atoms with Gasteiger partial charge in [-0.05, 0) is 99.4 Å². The number of aryl methyl sites for hydroxylation is 2. The summed E-state index contributed by atoms with van der Waals surface area (Å²) >= 11 is 1.78.